The van der Waals surface area contributed by atoms with Crippen LogP contribution in [0.4, 0.5) is 5.82 Å². The summed E-state index contributed by atoms with van der Waals surface area (Å²) < 4.78 is 24.6. The first-order valence-corrected chi connectivity index (χ1v) is 8.73. The Morgan fingerprint density at radius 3 is 2.80 bits per heavy atom. The van der Waals surface area contributed by atoms with Gasteiger partial charge in [0.05, 0.1) is 11.9 Å². The average molecular weight is 331 g/mol. The Balaban J connectivity index is 2.12. The molecule has 0 atom stereocenters. The third kappa shape index (κ3) is 4.95. The molecule has 0 spiro atoms. The molecule has 0 radical (unpaired) electrons. The van der Waals surface area contributed by atoms with Crippen LogP contribution in [0.3, 0.4) is 0 Å². The smallest absolute Gasteiger partial charge is 0.230 e. The third-order valence-corrected chi connectivity index (χ3v) is 3.69. The Morgan fingerprint density at radius 1 is 1.35 bits per heavy atom. The highest BCUT2D eigenvalue weighted by Crippen LogP contribution is 2.22. The summed E-state index contributed by atoms with van der Waals surface area (Å²) in [5.74, 6) is 0.718. The van der Waals surface area contributed by atoms with Crippen LogP contribution in [0.1, 0.15) is 5.69 Å². The van der Waals surface area contributed by atoms with Crippen LogP contribution in [-0.4, -0.2) is 29.6 Å². The predicted octanol–water partition coefficient (Wildman–Crippen LogP) is 2.19. The SMILES string of the molecule is CS(=O)(=O)Nc1cc(Cl)nc(SCc2ccccn2)n1. The zero-order valence-electron chi connectivity index (χ0n) is 10.4. The zero-order valence-corrected chi connectivity index (χ0v) is 12.8. The maximum Gasteiger partial charge on any atom is 0.230 e. The number of sulfonamides is 1. The second-order valence-corrected chi connectivity index (χ2v) is 6.92. The first-order chi connectivity index (χ1) is 9.42. The van der Waals surface area contributed by atoms with Gasteiger partial charge in [0.25, 0.3) is 0 Å². The summed E-state index contributed by atoms with van der Waals surface area (Å²) in [6.07, 6.45) is 2.75. The van der Waals surface area contributed by atoms with Gasteiger partial charge < -0.3 is 0 Å². The monoisotopic (exact) mass is 330 g/mol. The second kappa shape index (κ2) is 6.38. The molecule has 0 bridgehead atoms. The number of halogens is 1. The highest BCUT2D eigenvalue weighted by Gasteiger charge is 2.08. The molecule has 0 fully saturated rings. The Labute approximate surface area is 126 Å². The molecule has 0 aliphatic carbocycles. The number of anilines is 1. The summed E-state index contributed by atoms with van der Waals surface area (Å²) in [4.78, 5) is 12.3. The van der Waals surface area contributed by atoms with Gasteiger partial charge in [0.2, 0.25) is 10.0 Å². The van der Waals surface area contributed by atoms with Gasteiger partial charge >= 0.3 is 0 Å². The van der Waals surface area contributed by atoms with Gasteiger partial charge in [-0.15, -0.1) is 0 Å². The molecule has 9 heteroatoms. The van der Waals surface area contributed by atoms with Gasteiger partial charge in [0.1, 0.15) is 11.0 Å². The fourth-order valence-electron chi connectivity index (χ4n) is 1.33. The number of nitrogens with zero attached hydrogens (tertiary/aromatic N) is 3. The van der Waals surface area contributed by atoms with Crippen LogP contribution in [-0.2, 0) is 15.8 Å². The molecule has 0 saturated heterocycles. The van der Waals surface area contributed by atoms with Crippen molar-refractivity contribution >= 4 is 39.2 Å². The number of hydrogen-bond donors (Lipinski definition) is 1. The number of rotatable bonds is 5. The molecule has 106 valence electrons. The van der Waals surface area contributed by atoms with Crippen molar-refractivity contribution in [3.63, 3.8) is 0 Å². The van der Waals surface area contributed by atoms with E-state index in [0.29, 0.717) is 10.9 Å². The third-order valence-electron chi connectivity index (χ3n) is 2.04. The van der Waals surface area contributed by atoms with Crippen molar-refractivity contribution in [2.75, 3.05) is 11.0 Å². The summed E-state index contributed by atoms with van der Waals surface area (Å²) in [7, 11) is -3.40. The molecule has 2 rings (SSSR count). The maximum absolute atomic E-state index is 11.2. The number of aromatic nitrogens is 3. The minimum Gasteiger partial charge on any atom is -0.267 e. The van der Waals surface area contributed by atoms with Gasteiger partial charge in [-0.3, -0.25) is 9.71 Å². The Hall–Kier alpha value is -1.38. The second-order valence-electron chi connectivity index (χ2n) is 3.84. The molecule has 0 amide bonds. The highest BCUT2D eigenvalue weighted by molar-refractivity contribution is 7.98. The minimum absolute atomic E-state index is 0.149. The van der Waals surface area contributed by atoms with Crippen LogP contribution in [0.2, 0.25) is 5.15 Å². The fraction of sp³-hybridized carbons (Fsp3) is 0.182. The largest absolute Gasteiger partial charge is 0.267 e. The molecule has 1 N–H and O–H groups in total. The summed E-state index contributed by atoms with van der Waals surface area (Å²) in [6, 6.07) is 6.96. The summed E-state index contributed by atoms with van der Waals surface area (Å²) in [6.45, 7) is 0. The average Bonchev–Trinajstić information content (AvgIpc) is 2.35. The van der Waals surface area contributed by atoms with Gasteiger partial charge in [-0.2, -0.15) is 0 Å². The Morgan fingerprint density at radius 2 is 2.15 bits per heavy atom. The lowest BCUT2D eigenvalue weighted by Crippen LogP contribution is -2.11. The summed E-state index contributed by atoms with van der Waals surface area (Å²) in [5.41, 5.74) is 0.874. The molecule has 6 nitrogen and oxygen atoms in total. The van der Waals surface area contributed by atoms with Gasteiger partial charge in [-0.1, -0.05) is 29.4 Å². The fourth-order valence-corrected chi connectivity index (χ4v) is 2.82. The molecule has 0 aliphatic heterocycles. The molecule has 20 heavy (non-hydrogen) atoms. The molecular weight excluding hydrogens is 320 g/mol. The van der Waals surface area contributed by atoms with E-state index in [9.17, 15) is 8.42 Å². The van der Waals surface area contributed by atoms with E-state index in [2.05, 4.69) is 19.7 Å². The van der Waals surface area contributed by atoms with Crippen molar-refractivity contribution in [3.05, 3.63) is 41.3 Å². The number of thioether (sulfide) groups is 1. The van der Waals surface area contributed by atoms with Crippen molar-refractivity contribution in [2.24, 2.45) is 0 Å². The Bertz CT molecular complexity index is 695. The zero-order chi connectivity index (χ0) is 14.6. The molecule has 0 unspecified atom stereocenters. The highest BCUT2D eigenvalue weighted by atomic mass is 35.5. The van der Waals surface area contributed by atoms with Crippen LogP contribution in [0.15, 0.2) is 35.6 Å². The van der Waals surface area contributed by atoms with Gasteiger partial charge in [-0.05, 0) is 12.1 Å². The first-order valence-electron chi connectivity index (χ1n) is 5.47. The van der Waals surface area contributed by atoms with Crippen molar-refractivity contribution in [1.29, 1.82) is 0 Å². The van der Waals surface area contributed by atoms with Crippen LogP contribution < -0.4 is 4.72 Å². The first kappa shape index (κ1) is 15.0. The normalized spacial score (nSPS) is 11.3. The van der Waals surface area contributed by atoms with Crippen LogP contribution in [0.5, 0.6) is 0 Å². The quantitative estimate of drug-likeness (QED) is 0.514. The lowest BCUT2D eigenvalue weighted by atomic mass is 10.4. The predicted molar refractivity (Wildman–Crippen MR) is 79.3 cm³/mol. The molecule has 2 heterocycles. The number of pyridine rings is 1. The van der Waals surface area contributed by atoms with E-state index in [1.54, 1.807) is 6.20 Å². The van der Waals surface area contributed by atoms with E-state index in [1.807, 2.05) is 18.2 Å². The van der Waals surface area contributed by atoms with Gasteiger partial charge in [0.15, 0.2) is 5.16 Å². The lowest BCUT2D eigenvalue weighted by molar-refractivity contribution is 0.606. The van der Waals surface area contributed by atoms with Crippen LogP contribution >= 0.6 is 23.4 Å². The maximum atomic E-state index is 11.2. The van der Waals surface area contributed by atoms with Crippen molar-refractivity contribution in [2.45, 2.75) is 10.9 Å². The standard InChI is InChI=1S/C11H11ClN4O2S2/c1-20(17,18)16-10-6-9(12)14-11(15-10)19-7-8-4-2-3-5-13-8/h2-6H,7H2,1H3,(H,14,15,16). The van der Waals surface area contributed by atoms with Crippen molar-refractivity contribution in [1.82, 2.24) is 15.0 Å². The van der Waals surface area contributed by atoms with E-state index in [0.717, 1.165) is 11.9 Å². The molecule has 0 saturated carbocycles. The van der Waals surface area contributed by atoms with E-state index in [-0.39, 0.29) is 11.0 Å². The van der Waals surface area contributed by atoms with Crippen molar-refractivity contribution < 1.29 is 8.42 Å². The molecule has 2 aromatic rings. The Kier molecular flexibility index (Phi) is 4.79. The van der Waals surface area contributed by atoms with Gasteiger partial charge in [0, 0.05) is 18.0 Å². The number of hydrogen-bond acceptors (Lipinski definition) is 6. The topological polar surface area (TPSA) is 84.8 Å². The lowest BCUT2D eigenvalue weighted by Gasteiger charge is -2.05. The molecular formula is C11H11ClN4O2S2. The number of nitrogens with one attached hydrogen (secondary N) is 1. The molecule has 2 aromatic heterocycles. The minimum atomic E-state index is -3.40. The molecule has 0 aromatic carbocycles. The summed E-state index contributed by atoms with van der Waals surface area (Å²) in [5, 5.41) is 0.559. The van der Waals surface area contributed by atoms with Crippen LogP contribution in [0.25, 0.3) is 0 Å². The molecule has 0 aliphatic rings. The van der Waals surface area contributed by atoms with E-state index in [4.69, 9.17) is 11.6 Å². The van der Waals surface area contributed by atoms with E-state index in [1.165, 1.54) is 17.8 Å². The van der Waals surface area contributed by atoms with Crippen LogP contribution in [0, 0.1) is 0 Å². The van der Waals surface area contributed by atoms with Crippen molar-refractivity contribution in [3.8, 4) is 0 Å². The summed E-state index contributed by atoms with van der Waals surface area (Å²) >= 11 is 7.17. The van der Waals surface area contributed by atoms with E-state index >= 15 is 0 Å². The van der Waals surface area contributed by atoms with E-state index < -0.39 is 10.0 Å². The van der Waals surface area contributed by atoms with Gasteiger partial charge in [-0.25, -0.2) is 18.4 Å².